The summed E-state index contributed by atoms with van der Waals surface area (Å²) >= 11 is 0. The molecule has 24 heavy (non-hydrogen) atoms. The molecule has 0 atom stereocenters. The summed E-state index contributed by atoms with van der Waals surface area (Å²) in [5, 5.41) is 8.24. The number of sulfonamides is 1. The lowest BCUT2D eigenvalue weighted by molar-refractivity contribution is -0.137. The molecule has 0 radical (unpaired) electrons. The Morgan fingerprint density at radius 3 is 2.79 bits per heavy atom. The van der Waals surface area contributed by atoms with Gasteiger partial charge in [-0.25, -0.2) is 8.42 Å². The quantitative estimate of drug-likeness (QED) is 0.775. The first kappa shape index (κ1) is 16.4. The minimum absolute atomic E-state index is 0.351. The van der Waals surface area contributed by atoms with Crippen molar-refractivity contribution in [2.75, 3.05) is 24.2 Å². The Hall–Kier alpha value is -2.46. The molecule has 0 aliphatic carbocycles. The van der Waals surface area contributed by atoms with E-state index in [1.54, 1.807) is 24.3 Å². The third-order valence-corrected chi connectivity index (χ3v) is 4.63. The topological polar surface area (TPSA) is 112 Å². The van der Waals surface area contributed by atoms with Crippen LogP contribution in [-0.4, -0.2) is 48.6 Å². The van der Waals surface area contributed by atoms with E-state index in [1.165, 1.54) is 0 Å². The summed E-state index contributed by atoms with van der Waals surface area (Å²) in [6.07, 6.45) is 0. The first-order valence-corrected chi connectivity index (χ1v) is 8.81. The van der Waals surface area contributed by atoms with E-state index in [4.69, 9.17) is 4.74 Å². The Labute approximate surface area is 138 Å². The maximum absolute atomic E-state index is 11.8. The second-order valence-electron chi connectivity index (χ2n) is 5.16. The lowest BCUT2D eigenvalue weighted by Crippen LogP contribution is -2.23. The minimum Gasteiger partial charge on any atom is -0.468 e. The van der Waals surface area contributed by atoms with Gasteiger partial charge in [-0.2, -0.15) is 0 Å². The van der Waals surface area contributed by atoms with Gasteiger partial charge in [-0.3, -0.25) is 9.52 Å². The van der Waals surface area contributed by atoms with Crippen molar-refractivity contribution < 1.29 is 22.7 Å². The number of ether oxygens (including phenoxy) is 2. The minimum atomic E-state index is -3.80. The summed E-state index contributed by atoms with van der Waals surface area (Å²) in [6.45, 7) is 1.70. The van der Waals surface area contributed by atoms with Crippen LogP contribution in [0.3, 0.4) is 0 Å². The molecule has 9 nitrogen and oxygen atoms in total. The fraction of sp³-hybridized carbons (Fsp3) is 0.357. The molecule has 1 N–H and O–H groups in total. The molecule has 1 aliphatic heterocycles. The van der Waals surface area contributed by atoms with Gasteiger partial charge in [0.1, 0.15) is 6.61 Å². The van der Waals surface area contributed by atoms with E-state index >= 15 is 0 Å². The maximum atomic E-state index is 11.8. The number of carbonyl (C=O) groups is 1. The van der Waals surface area contributed by atoms with Crippen molar-refractivity contribution in [1.82, 2.24) is 14.8 Å². The van der Waals surface area contributed by atoms with Crippen molar-refractivity contribution in [2.24, 2.45) is 0 Å². The number of nitrogens with one attached hydrogen (secondary N) is 1. The molecule has 0 saturated carbocycles. The summed E-state index contributed by atoms with van der Waals surface area (Å²) in [6, 6.07) is 6.68. The highest BCUT2D eigenvalue weighted by Crippen LogP contribution is 2.23. The van der Waals surface area contributed by atoms with Gasteiger partial charge in [-0.15, -0.1) is 10.2 Å². The van der Waals surface area contributed by atoms with E-state index in [0.717, 1.165) is 18.5 Å². The summed E-state index contributed by atoms with van der Waals surface area (Å²) < 4.78 is 37.6. The smallest absolute Gasteiger partial charge is 0.322 e. The number of fused-ring (bicyclic) bond motifs is 1. The molecule has 0 bridgehead atoms. The Balaban J connectivity index is 1.76. The highest BCUT2D eigenvalue weighted by Gasteiger charge is 2.19. The fourth-order valence-electron chi connectivity index (χ4n) is 2.33. The molecule has 0 spiro atoms. The average Bonchev–Trinajstić information content (AvgIpc) is 2.99. The standard InChI is InChI=1S/C14H16N4O5S/c1-22-13(19)9-24(20,21)17-11-4-2-10(3-5-11)14-16-15-12-8-23-7-6-18(12)14/h2-5,17H,6-9H2,1H3. The van der Waals surface area contributed by atoms with E-state index in [0.29, 0.717) is 31.3 Å². The van der Waals surface area contributed by atoms with Gasteiger partial charge in [0.15, 0.2) is 17.4 Å². The Kier molecular flexibility index (Phi) is 4.49. The molecule has 10 heteroatoms. The number of carbonyl (C=O) groups excluding carboxylic acids is 1. The number of hydrogen-bond acceptors (Lipinski definition) is 7. The molecule has 3 rings (SSSR count). The van der Waals surface area contributed by atoms with Crippen LogP contribution in [0.1, 0.15) is 5.82 Å². The number of aromatic nitrogens is 3. The number of esters is 1. The summed E-state index contributed by atoms with van der Waals surface area (Å²) in [5.74, 6) is -0.0871. The highest BCUT2D eigenvalue weighted by molar-refractivity contribution is 7.93. The van der Waals surface area contributed by atoms with Crippen LogP contribution in [0.2, 0.25) is 0 Å². The van der Waals surface area contributed by atoms with Crippen LogP contribution in [0.4, 0.5) is 5.69 Å². The lowest BCUT2D eigenvalue weighted by atomic mass is 10.2. The van der Waals surface area contributed by atoms with Crippen molar-refractivity contribution in [1.29, 1.82) is 0 Å². The highest BCUT2D eigenvalue weighted by atomic mass is 32.2. The molecule has 1 aromatic heterocycles. The molecule has 128 valence electrons. The Bertz CT molecular complexity index is 845. The van der Waals surface area contributed by atoms with Crippen molar-refractivity contribution in [3.05, 3.63) is 30.1 Å². The predicted molar refractivity (Wildman–Crippen MR) is 84.5 cm³/mol. The number of benzene rings is 1. The van der Waals surface area contributed by atoms with E-state index in [1.807, 2.05) is 4.57 Å². The molecule has 0 fully saturated rings. The van der Waals surface area contributed by atoms with Gasteiger partial charge in [-0.1, -0.05) is 0 Å². The van der Waals surface area contributed by atoms with Gasteiger partial charge in [0.2, 0.25) is 10.0 Å². The summed E-state index contributed by atoms with van der Waals surface area (Å²) in [5.41, 5.74) is 1.16. The molecule has 2 aromatic rings. The predicted octanol–water partition coefficient (Wildman–Crippen LogP) is 0.390. The monoisotopic (exact) mass is 352 g/mol. The van der Waals surface area contributed by atoms with Gasteiger partial charge in [-0.05, 0) is 24.3 Å². The zero-order chi connectivity index (χ0) is 17.2. The first-order chi connectivity index (χ1) is 11.5. The summed E-state index contributed by atoms with van der Waals surface area (Å²) in [7, 11) is -2.67. The number of methoxy groups -OCH3 is 1. The van der Waals surface area contributed by atoms with Gasteiger partial charge in [0.25, 0.3) is 0 Å². The zero-order valence-electron chi connectivity index (χ0n) is 12.9. The van der Waals surface area contributed by atoms with Crippen LogP contribution >= 0.6 is 0 Å². The van der Waals surface area contributed by atoms with Crippen LogP contribution in [0.25, 0.3) is 11.4 Å². The first-order valence-electron chi connectivity index (χ1n) is 7.16. The Morgan fingerprint density at radius 2 is 2.08 bits per heavy atom. The second kappa shape index (κ2) is 6.57. The van der Waals surface area contributed by atoms with Gasteiger partial charge in [0.05, 0.1) is 13.7 Å². The largest absolute Gasteiger partial charge is 0.468 e. The Morgan fingerprint density at radius 1 is 1.33 bits per heavy atom. The molecule has 1 aromatic carbocycles. The van der Waals surface area contributed by atoms with Crippen LogP contribution in [0.15, 0.2) is 24.3 Å². The van der Waals surface area contributed by atoms with Crippen molar-refractivity contribution >= 4 is 21.7 Å². The fourth-order valence-corrected chi connectivity index (χ4v) is 3.32. The molecular weight excluding hydrogens is 336 g/mol. The van der Waals surface area contributed by atoms with Crippen molar-refractivity contribution in [3.8, 4) is 11.4 Å². The third-order valence-electron chi connectivity index (χ3n) is 3.47. The molecule has 2 heterocycles. The zero-order valence-corrected chi connectivity index (χ0v) is 13.7. The normalized spacial score (nSPS) is 14.0. The molecule has 1 aliphatic rings. The summed E-state index contributed by atoms with van der Waals surface area (Å²) in [4.78, 5) is 11.1. The lowest BCUT2D eigenvalue weighted by Gasteiger charge is -2.15. The van der Waals surface area contributed by atoms with E-state index in [9.17, 15) is 13.2 Å². The van der Waals surface area contributed by atoms with E-state index in [-0.39, 0.29) is 0 Å². The molecular formula is C14H16N4O5S. The van der Waals surface area contributed by atoms with E-state index in [2.05, 4.69) is 19.7 Å². The number of rotatable bonds is 5. The van der Waals surface area contributed by atoms with Gasteiger partial charge >= 0.3 is 5.97 Å². The average molecular weight is 352 g/mol. The number of anilines is 1. The molecule has 0 amide bonds. The van der Waals surface area contributed by atoms with Crippen LogP contribution in [0, 0.1) is 0 Å². The van der Waals surface area contributed by atoms with Crippen LogP contribution in [0.5, 0.6) is 0 Å². The van der Waals surface area contributed by atoms with Crippen molar-refractivity contribution in [3.63, 3.8) is 0 Å². The third kappa shape index (κ3) is 3.54. The van der Waals surface area contributed by atoms with Gasteiger partial charge in [0, 0.05) is 17.8 Å². The maximum Gasteiger partial charge on any atom is 0.322 e. The SMILES string of the molecule is COC(=O)CS(=O)(=O)Nc1ccc(-c2nnc3n2CCOC3)cc1. The molecule has 0 saturated heterocycles. The second-order valence-corrected chi connectivity index (χ2v) is 6.88. The number of nitrogens with zero attached hydrogens (tertiary/aromatic N) is 3. The van der Waals surface area contributed by atoms with Crippen LogP contribution < -0.4 is 4.72 Å². The van der Waals surface area contributed by atoms with Gasteiger partial charge < -0.3 is 14.0 Å². The van der Waals surface area contributed by atoms with Crippen molar-refractivity contribution in [2.45, 2.75) is 13.2 Å². The van der Waals surface area contributed by atoms with E-state index < -0.39 is 21.7 Å². The van der Waals surface area contributed by atoms with Crippen LogP contribution in [-0.2, 0) is 37.4 Å². The number of hydrogen-bond donors (Lipinski definition) is 1. The molecule has 0 unspecified atom stereocenters.